The van der Waals surface area contributed by atoms with Crippen molar-refractivity contribution in [1.29, 1.82) is 0 Å². The van der Waals surface area contributed by atoms with Crippen LogP contribution in [-0.4, -0.2) is 20.1 Å². The van der Waals surface area contributed by atoms with Crippen molar-refractivity contribution in [3.8, 4) is 11.5 Å². The van der Waals surface area contributed by atoms with Crippen LogP contribution in [0.15, 0.2) is 42.5 Å². The van der Waals surface area contributed by atoms with E-state index in [1.165, 1.54) is 6.08 Å². The third-order valence-corrected chi connectivity index (χ3v) is 3.38. The van der Waals surface area contributed by atoms with Crippen molar-refractivity contribution in [2.45, 2.75) is 6.92 Å². The Hall–Kier alpha value is -2.95. The molecule has 2 aromatic rings. The molecule has 3 N–H and O–H groups in total. The van der Waals surface area contributed by atoms with Gasteiger partial charge in [-0.1, -0.05) is 12.1 Å². The first kappa shape index (κ1) is 16.4. The maximum absolute atomic E-state index is 12.0. The molecule has 0 atom stereocenters. The largest absolute Gasteiger partial charge is 0.493 e. The van der Waals surface area contributed by atoms with Crippen molar-refractivity contribution < 1.29 is 14.3 Å². The van der Waals surface area contributed by atoms with E-state index in [1.807, 2.05) is 25.1 Å². The number of carbonyl (C=O) groups is 1. The van der Waals surface area contributed by atoms with Crippen molar-refractivity contribution in [2.75, 3.05) is 25.3 Å². The van der Waals surface area contributed by atoms with Crippen LogP contribution in [0, 0.1) is 6.92 Å². The molecule has 2 aromatic carbocycles. The lowest BCUT2D eigenvalue weighted by atomic mass is 10.1. The van der Waals surface area contributed by atoms with E-state index in [0.29, 0.717) is 22.9 Å². The number of nitrogens with two attached hydrogens (primary N) is 1. The number of ether oxygens (including phenoxy) is 2. The second-order valence-corrected chi connectivity index (χ2v) is 5.01. The van der Waals surface area contributed by atoms with Crippen LogP contribution < -0.4 is 20.5 Å². The van der Waals surface area contributed by atoms with Crippen LogP contribution in [0.25, 0.3) is 6.08 Å². The summed E-state index contributed by atoms with van der Waals surface area (Å²) < 4.78 is 10.4. The molecule has 2 rings (SSSR count). The molecule has 0 aliphatic rings. The Labute approximate surface area is 135 Å². The number of aryl methyl sites for hydroxylation is 1. The quantitative estimate of drug-likeness (QED) is 0.656. The highest BCUT2D eigenvalue weighted by molar-refractivity contribution is 6.02. The van der Waals surface area contributed by atoms with Gasteiger partial charge in [-0.25, -0.2) is 0 Å². The van der Waals surface area contributed by atoms with Gasteiger partial charge in [0, 0.05) is 23.5 Å². The van der Waals surface area contributed by atoms with Crippen molar-refractivity contribution in [2.24, 2.45) is 0 Å². The molecule has 0 aromatic heterocycles. The van der Waals surface area contributed by atoms with E-state index < -0.39 is 0 Å². The molecule has 0 fully saturated rings. The molecule has 0 bridgehead atoms. The molecule has 23 heavy (non-hydrogen) atoms. The predicted octanol–water partition coefficient (Wildman–Crippen LogP) is 3.25. The van der Waals surface area contributed by atoms with Gasteiger partial charge in [0.15, 0.2) is 11.5 Å². The van der Waals surface area contributed by atoms with E-state index in [9.17, 15) is 4.79 Å². The summed E-state index contributed by atoms with van der Waals surface area (Å²) in [4.78, 5) is 12.0. The number of rotatable bonds is 5. The molecule has 0 aliphatic heterocycles. The van der Waals surface area contributed by atoms with Gasteiger partial charge in [-0.2, -0.15) is 0 Å². The van der Waals surface area contributed by atoms with Gasteiger partial charge in [-0.05, 0) is 42.3 Å². The molecule has 0 aliphatic carbocycles. The van der Waals surface area contributed by atoms with Gasteiger partial charge in [0.05, 0.1) is 14.2 Å². The van der Waals surface area contributed by atoms with Gasteiger partial charge in [0.25, 0.3) is 0 Å². The Morgan fingerprint density at radius 2 is 1.83 bits per heavy atom. The van der Waals surface area contributed by atoms with E-state index in [2.05, 4.69) is 5.32 Å². The molecule has 5 nitrogen and oxygen atoms in total. The number of nitrogens with one attached hydrogen (secondary N) is 1. The molecular formula is C18H20N2O3. The van der Waals surface area contributed by atoms with Gasteiger partial charge < -0.3 is 20.5 Å². The molecule has 0 radical (unpaired) electrons. The normalized spacial score (nSPS) is 10.6. The van der Waals surface area contributed by atoms with Gasteiger partial charge in [0.1, 0.15) is 0 Å². The highest BCUT2D eigenvalue weighted by atomic mass is 16.5. The summed E-state index contributed by atoms with van der Waals surface area (Å²) in [6.45, 7) is 1.94. The number of benzene rings is 2. The van der Waals surface area contributed by atoms with E-state index in [0.717, 1.165) is 11.1 Å². The molecule has 0 unspecified atom stereocenters. The lowest BCUT2D eigenvalue weighted by Gasteiger charge is -2.09. The summed E-state index contributed by atoms with van der Waals surface area (Å²) >= 11 is 0. The molecule has 0 spiro atoms. The second-order valence-electron chi connectivity index (χ2n) is 5.01. The number of methoxy groups -OCH3 is 2. The second kappa shape index (κ2) is 7.35. The fourth-order valence-electron chi connectivity index (χ4n) is 2.03. The summed E-state index contributed by atoms with van der Waals surface area (Å²) in [5.74, 6) is 0.924. The number of amides is 1. The summed E-state index contributed by atoms with van der Waals surface area (Å²) in [5, 5.41) is 2.77. The first-order chi connectivity index (χ1) is 11.0. The average Bonchev–Trinajstić information content (AvgIpc) is 2.55. The fraction of sp³-hybridized carbons (Fsp3) is 0.167. The molecule has 0 heterocycles. The summed E-state index contributed by atoms with van der Waals surface area (Å²) in [6, 6.07) is 10.8. The van der Waals surface area contributed by atoms with E-state index in [1.54, 1.807) is 38.5 Å². The van der Waals surface area contributed by atoms with Crippen LogP contribution >= 0.6 is 0 Å². The number of carbonyl (C=O) groups excluding carboxylic acids is 1. The van der Waals surface area contributed by atoms with Crippen LogP contribution in [0.1, 0.15) is 11.1 Å². The topological polar surface area (TPSA) is 73.6 Å². The van der Waals surface area contributed by atoms with Crippen LogP contribution in [-0.2, 0) is 4.79 Å². The SMILES string of the molecule is COc1ccc(NC(=O)/C=C/c2ccc(C)c(N)c2)cc1OC. The zero-order valence-electron chi connectivity index (χ0n) is 13.4. The van der Waals surface area contributed by atoms with Gasteiger partial charge in [0.2, 0.25) is 5.91 Å². The zero-order chi connectivity index (χ0) is 16.8. The minimum atomic E-state index is -0.239. The van der Waals surface area contributed by atoms with E-state index in [4.69, 9.17) is 15.2 Å². The third-order valence-electron chi connectivity index (χ3n) is 3.38. The molecule has 0 saturated carbocycles. The highest BCUT2D eigenvalue weighted by Crippen LogP contribution is 2.29. The van der Waals surface area contributed by atoms with Crippen molar-refractivity contribution >= 4 is 23.4 Å². The third kappa shape index (κ3) is 4.26. The summed E-state index contributed by atoms with van der Waals surface area (Å²) in [5.41, 5.74) is 9.06. The minimum Gasteiger partial charge on any atom is -0.493 e. The first-order valence-corrected chi connectivity index (χ1v) is 7.10. The highest BCUT2D eigenvalue weighted by Gasteiger charge is 2.06. The van der Waals surface area contributed by atoms with Crippen LogP contribution in [0.2, 0.25) is 0 Å². The number of anilines is 2. The van der Waals surface area contributed by atoms with E-state index in [-0.39, 0.29) is 5.91 Å². The molecular weight excluding hydrogens is 292 g/mol. The standard InChI is InChI=1S/C18H20N2O3/c1-12-4-5-13(10-15(12)19)6-9-18(21)20-14-7-8-16(22-2)17(11-14)23-3/h4-11H,19H2,1-3H3,(H,20,21)/b9-6+. The van der Waals surface area contributed by atoms with Crippen LogP contribution in [0.4, 0.5) is 11.4 Å². The Morgan fingerprint density at radius 3 is 2.48 bits per heavy atom. The Kier molecular flexibility index (Phi) is 5.25. The van der Waals surface area contributed by atoms with Crippen molar-refractivity contribution in [3.63, 3.8) is 0 Å². The number of hydrogen-bond donors (Lipinski definition) is 2. The maximum atomic E-state index is 12.0. The fourth-order valence-corrected chi connectivity index (χ4v) is 2.03. The molecule has 1 amide bonds. The Balaban J connectivity index is 2.07. The van der Waals surface area contributed by atoms with Crippen molar-refractivity contribution in [1.82, 2.24) is 0 Å². The summed E-state index contributed by atoms with van der Waals surface area (Å²) in [6.07, 6.45) is 3.17. The van der Waals surface area contributed by atoms with Crippen LogP contribution in [0.3, 0.4) is 0 Å². The lowest BCUT2D eigenvalue weighted by Crippen LogP contribution is -2.08. The van der Waals surface area contributed by atoms with Gasteiger partial charge >= 0.3 is 0 Å². The van der Waals surface area contributed by atoms with Gasteiger partial charge in [-0.15, -0.1) is 0 Å². The Morgan fingerprint density at radius 1 is 1.09 bits per heavy atom. The molecule has 0 saturated heterocycles. The average molecular weight is 312 g/mol. The first-order valence-electron chi connectivity index (χ1n) is 7.10. The summed E-state index contributed by atoms with van der Waals surface area (Å²) in [7, 11) is 3.11. The monoisotopic (exact) mass is 312 g/mol. The van der Waals surface area contributed by atoms with Gasteiger partial charge in [-0.3, -0.25) is 4.79 Å². The minimum absolute atomic E-state index is 0.239. The van der Waals surface area contributed by atoms with Crippen molar-refractivity contribution in [3.05, 3.63) is 53.6 Å². The number of nitrogen functional groups attached to an aromatic ring is 1. The zero-order valence-corrected chi connectivity index (χ0v) is 13.4. The lowest BCUT2D eigenvalue weighted by molar-refractivity contribution is -0.111. The van der Waals surface area contributed by atoms with E-state index >= 15 is 0 Å². The van der Waals surface area contributed by atoms with Crippen LogP contribution in [0.5, 0.6) is 11.5 Å². The smallest absolute Gasteiger partial charge is 0.248 e. The number of hydrogen-bond acceptors (Lipinski definition) is 4. The maximum Gasteiger partial charge on any atom is 0.248 e. The predicted molar refractivity (Wildman–Crippen MR) is 92.8 cm³/mol. The molecule has 5 heteroatoms. The Bertz CT molecular complexity index is 739. The molecule has 120 valence electrons.